The zero-order chi connectivity index (χ0) is 13.8. The summed E-state index contributed by atoms with van der Waals surface area (Å²) in [6.07, 6.45) is 0. The molecule has 0 spiro atoms. The largest absolute Gasteiger partial charge is 0.433 e. The number of nitriles is 1. The molecule has 1 aromatic rings. The maximum absolute atomic E-state index is 11.8. The predicted molar refractivity (Wildman–Crippen MR) is 65.2 cm³/mol. The summed E-state index contributed by atoms with van der Waals surface area (Å²) in [5, 5.41) is 8.58. The minimum atomic E-state index is -2.89. The highest BCUT2D eigenvalue weighted by Crippen LogP contribution is 2.20. The van der Waals surface area contributed by atoms with Crippen LogP contribution in [0.15, 0.2) is 18.2 Å². The maximum atomic E-state index is 11.8. The molecule has 0 bridgehead atoms. The fourth-order valence-electron chi connectivity index (χ4n) is 0.930. The van der Waals surface area contributed by atoms with Crippen molar-refractivity contribution >= 4 is 0 Å². The third-order valence-electron chi connectivity index (χ3n) is 1.47. The molecule has 0 unspecified atom stereocenters. The molecule has 0 aliphatic carbocycles. The Morgan fingerprint density at radius 1 is 1.18 bits per heavy atom. The summed E-state index contributed by atoms with van der Waals surface area (Å²) >= 11 is 0. The van der Waals surface area contributed by atoms with Crippen LogP contribution in [-0.4, -0.2) is 6.61 Å². The van der Waals surface area contributed by atoms with Gasteiger partial charge in [-0.1, -0.05) is 33.8 Å². The van der Waals surface area contributed by atoms with Crippen molar-refractivity contribution < 1.29 is 13.5 Å². The molecule has 17 heavy (non-hydrogen) atoms. The van der Waals surface area contributed by atoms with Gasteiger partial charge in [-0.15, -0.1) is 0 Å². The van der Waals surface area contributed by atoms with Gasteiger partial charge in [0.05, 0.1) is 5.56 Å². The van der Waals surface area contributed by atoms with E-state index in [1.54, 1.807) is 19.1 Å². The smallest absolute Gasteiger partial charge is 0.387 e. The molecule has 0 atom stereocenters. The van der Waals surface area contributed by atoms with Crippen LogP contribution >= 0.6 is 0 Å². The van der Waals surface area contributed by atoms with Crippen LogP contribution in [0.2, 0.25) is 0 Å². The summed E-state index contributed by atoms with van der Waals surface area (Å²) in [5.41, 5.74) is 0.957. The normalized spacial score (nSPS) is 8.18. The second kappa shape index (κ2) is 10.9. The van der Waals surface area contributed by atoms with Gasteiger partial charge >= 0.3 is 6.61 Å². The standard InChI is InChI=1S/C9H7F2NO.2C2H6/c1-6-2-3-8(13-9(10)11)7(4-6)5-12;2*1-2/h2-4,9H,1H3;2*1-2H3. The van der Waals surface area contributed by atoms with Gasteiger partial charge in [-0.05, 0) is 24.6 Å². The Labute approximate surface area is 102 Å². The number of halogens is 2. The fourth-order valence-corrected chi connectivity index (χ4v) is 0.930. The first kappa shape index (κ1) is 17.8. The summed E-state index contributed by atoms with van der Waals surface area (Å²) in [4.78, 5) is 0. The monoisotopic (exact) mass is 243 g/mol. The van der Waals surface area contributed by atoms with Crippen molar-refractivity contribution in [3.63, 3.8) is 0 Å². The minimum absolute atomic E-state index is 0.0805. The molecule has 2 nitrogen and oxygen atoms in total. The van der Waals surface area contributed by atoms with E-state index in [2.05, 4.69) is 4.74 Å². The maximum Gasteiger partial charge on any atom is 0.387 e. The van der Waals surface area contributed by atoms with E-state index in [1.165, 1.54) is 12.1 Å². The average molecular weight is 243 g/mol. The van der Waals surface area contributed by atoms with E-state index in [1.807, 2.05) is 27.7 Å². The Bertz CT molecular complexity index is 346. The molecule has 1 aromatic carbocycles. The van der Waals surface area contributed by atoms with Crippen LogP contribution < -0.4 is 4.74 Å². The highest BCUT2D eigenvalue weighted by atomic mass is 19.3. The third-order valence-corrected chi connectivity index (χ3v) is 1.47. The molecule has 4 heteroatoms. The number of hydrogen-bond acceptors (Lipinski definition) is 2. The van der Waals surface area contributed by atoms with Crippen LogP contribution in [-0.2, 0) is 0 Å². The lowest BCUT2D eigenvalue weighted by Gasteiger charge is -2.05. The lowest BCUT2D eigenvalue weighted by atomic mass is 10.1. The van der Waals surface area contributed by atoms with Gasteiger partial charge in [-0.3, -0.25) is 0 Å². The van der Waals surface area contributed by atoms with Crippen molar-refractivity contribution in [3.05, 3.63) is 29.3 Å². The highest BCUT2D eigenvalue weighted by Gasteiger charge is 2.08. The van der Waals surface area contributed by atoms with Gasteiger partial charge in [-0.25, -0.2) is 0 Å². The molecule has 0 saturated heterocycles. The van der Waals surface area contributed by atoms with Crippen LogP contribution in [0.25, 0.3) is 0 Å². The first-order chi connectivity index (χ1) is 8.13. The lowest BCUT2D eigenvalue weighted by Crippen LogP contribution is -2.03. The van der Waals surface area contributed by atoms with E-state index in [-0.39, 0.29) is 11.3 Å². The summed E-state index contributed by atoms with van der Waals surface area (Å²) in [6, 6.07) is 6.25. The summed E-state index contributed by atoms with van der Waals surface area (Å²) < 4.78 is 27.7. The molecule has 1 rings (SSSR count). The van der Waals surface area contributed by atoms with E-state index < -0.39 is 6.61 Å². The minimum Gasteiger partial charge on any atom is -0.433 e. The first-order valence-corrected chi connectivity index (χ1v) is 5.59. The molecular formula is C13H19F2NO. The number of benzene rings is 1. The molecule has 0 amide bonds. The lowest BCUT2D eigenvalue weighted by molar-refractivity contribution is -0.0500. The molecule has 0 aliphatic rings. The van der Waals surface area contributed by atoms with Crippen molar-refractivity contribution in [2.75, 3.05) is 0 Å². The number of alkyl halides is 2. The predicted octanol–water partition coefficient (Wildman–Crippen LogP) is 4.52. The number of nitrogens with zero attached hydrogens (tertiary/aromatic N) is 1. The molecular weight excluding hydrogens is 224 g/mol. The average Bonchev–Trinajstić information content (AvgIpc) is 2.36. The molecule has 0 aliphatic heterocycles. The molecule has 0 aromatic heterocycles. The van der Waals surface area contributed by atoms with Gasteiger partial charge < -0.3 is 4.74 Å². The van der Waals surface area contributed by atoms with Crippen LogP contribution in [0.4, 0.5) is 8.78 Å². The van der Waals surface area contributed by atoms with Crippen LogP contribution in [0.5, 0.6) is 5.75 Å². The molecule has 0 saturated carbocycles. The van der Waals surface area contributed by atoms with E-state index in [4.69, 9.17) is 5.26 Å². The highest BCUT2D eigenvalue weighted by molar-refractivity contribution is 5.45. The molecule has 0 radical (unpaired) electrons. The van der Waals surface area contributed by atoms with Crippen LogP contribution in [0, 0.1) is 18.3 Å². The molecule has 0 N–H and O–H groups in total. The van der Waals surface area contributed by atoms with Crippen molar-refractivity contribution in [1.82, 2.24) is 0 Å². The Hall–Kier alpha value is -1.63. The van der Waals surface area contributed by atoms with E-state index in [9.17, 15) is 8.78 Å². The second-order valence-electron chi connectivity index (χ2n) is 2.49. The summed E-state index contributed by atoms with van der Waals surface area (Å²) in [5.74, 6) is -0.0805. The van der Waals surface area contributed by atoms with Gasteiger partial charge in [0.15, 0.2) is 0 Å². The molecule has 0 fully saturated rings. The topological polar surface area (TPSA) is 33.0 Å². The zero-order valence-electron chi connectivity index (χ0n) is 10.9. The summed E-state index contributed by atoms with van der Waals surface area (Å²) in [6.45, 7) is 6.88. The SMILES string of the molecule is CC.CC.Cc1ccc(OC(F)F)c(C#N)c1. The quantitative estimate of drug-likeness (QED) is 0.765. The van der Waals surface area contributed by atoms with Crippen molar-refractivity contribution in [2.24, 2.45) is 0 Å². The number of rotatable bonds is 2. The van der Waals surface area contributed by atoms with E-state index in [0.717, 1.165) is 5.56 Å². The van der Waals surface area contributed by atoms with Gasteiger partial charge in [0.1, 0.15) is 11.8 Å². The van der Waals surface area contributed by atoms with Gasteiger partial charge in [0.25, 0.3) is 0 Å². The molecule has 0 heterocycles. The Balaban J connectivity index is 0. The second-order valence-corrected chi connectivity index (χ2v) is 2.49. The Kier molecular flexibility index (Phi) is 11.4. The van der Waals surface area contributed by atoms with E-state index >= 15 is 0 Å². The first-order valence-electron chi connectivity index (χ1n) is 5.59. The fraction of sp³-hybridized carbons (Fsp3) is 0.462. The number of ether oxygens (including phenoxy) is 1. The van der Waals surface area contributed by atoms with Gasteiger partial charge in [0, 0.05) is 0 Å². The van der Waals surface area contributed by atoms with Gasteiger partial charge in [-0.2, -0.15) is 14.0 Å². The van der Waals surface area contributed by atoms with Gasteiger partial charge in [0.2, 0.25) is 0 Å². The number of aryl methyl sites for hydroxylation is 1. The van der Waals surface area contributed by atoms with E-state index in [0.29, 0.717) is 0 Å². The van der Waals surface area contributed by atoms with Crippen molar-refractivity contribution in [1.29, 1.82) is 5.26 Å². The van der Waals surface area contributed by atoms with Crippen molar-refractivity contribution in [3.8, 4) is 11.8 Å². The molecule has 96 valence electrons. The van der Waals surface area contributed by atoms with Crippen molar-refractivity contribution in [2.45, 2.75) is 41.2 Å². The number of hydrogen-bond donors (Lipinski definition) is 0. The zero-order valence-corrected chi connectivity index (χ0v) is 10.9. The van der Waals surface area contributed by atoms with Crippen LogP contribution in [0.1, 0.15) is 38.8 Å². The Morgan fingerprint density at radius 3 is 2.12 bits per heavy atom. The third kappa shape index (κ3) is 7.29. The van der Waals surface area contributed by atoms with Crippen LogP contribution in [0.3, 0.4) is 0 Å². The summed E-state index contributed by atoms with van der Waals surface area (Å²) in [7, 11) is 0. The Morgan fingerprint density at radius 2 is 1.71 bits per heavy atom.